The van der Waals surface area contributed by atoms with Crippen LogP contribution in [0.4, 0.5) is 0 Å². The molecule has 0 saturated heterocycles. The number of nitrogens with one attached hydrogen (secondary N) is 4. The third kappa shape index (κ3) is 19.3. The molecule has 0 saturated carbocycles. The summed E-state index contributed by atoms with van der Waals surface area (Å²) in [6.45, 7) is 0.365. The van der Waals surface area contributed by atoms with Crippen LogP contribution in [0.15, 0.2) is 315 Å². The van der Waals surface area contributed by atoms with Crippen LogP contribution in [0, 0.1) is 0 Å². The number of carbonyl (C=O) groups excluding carboxylic acids is 4. The van der Waals surface area contributed by atoms with E-state index < -0.39 is 52.2 Å². The van der Waals surface area contributed by atoms with E-state index >= 15 is 18.3 Å². The summed E-state index contributed by atoms with van der Waals surface area (Å²) < 4.78 is 88.0. The van der Waals surface area contributed by atoms with E-state index in [9.17, 15) is 19.2 Å². The molecule has 20 heteroatoms. The van der Waals surface area contributed by atoms with Crippen molar-refractivity contribution in [1.29, 1.82) is 0 Å². The van der Waals surface area contributed by atoms with Crippen LogP contribution in [-0.4, -0.2) is 101 Å². The zero-order valence-corrected chi connectivity index (χ0v) is 65.6. The van der Waals surface area contributed by atoms with Crippen molar-refractivity contribution in [3.05, 3.63) is 360 Å². The lowest BCUT2D eigenvalue weighted by Gasteiger charge is -2.23. The summed E-state index contributed by atoms with van der Waals surface area (Å²) in [5.41, 5.74) is 6.24. The number of amides is 4. The van der Waals surface area contributed by atoms with Crippen LogP contribution in [0.5, 0.6) is 23.0 Å². The van der Waals surface area contributed by atoms with Crippen LogP contribution in [0.3, 0.4) is 0 Å². The predicted molar refractivity (Wildman–Crippen MR) is 450 cm³/mol. The lowest BCUT2D eigenvalue weighted by atomic mass is 9.91. The molecule has 0 heterocycles. The molecule has 0 radical (unpaired) electrons. The van der Waals surface area contributed by atoms with Crippen LogP contribution >= 0.6 is 28.6 Å². The summed E-state index contributed by atoms with van der Waals surface area (Å²) in [6.07, 6.45) is 0.0525. The molecule has 16 nitrogen and oxygen atoms in total. The van der Waals surface area contributed by atoms with E-state index in [-0.39, 0.29) is 103 Å². The molecule has 4 amide bonds. The fraction of sp³-hybridized carbons (Fsp3) is 0.174. The van der Waals surface area contributed by atoms with Gasteiger partial charge in [0, 0.05) is 68.1 Å². The summed E-state index contributed by atoms with van der Waals surface area (Å²) in [5.74, 6) is 0.582. The Morgan fingerprint density at radius 3 is 0.500 bits per heavy atom. The molecule has 4 N–H and O–H groups in total. The van der Waals surface area contributed by atoms with E-state index in [4.69, 9.17) is 18.9 Å². The van der Waals surface area contributed by atoms with Crippen molar-refractivity contribution in [2.45, 2.75) is 25.7 Å². The molecular weight excluding hydrogens is 1480 g/mol. The molecule has 0 aromatic heterocycles. The first kappa shape index (κ1) is 78.8. The van der Waals surface area contributed by atoms with Gasteiger partial charge >= 0.3 is 0 Å². The summed E-state index contributed by atoms with van der Waals surface area (Å²) >= 11 is 0. The predicted octanol–water partition coefficient (Wildman–Crippen LogP) is 12.4. The summed E-state index contributed by atoms with van der Waals surface area (Å²) in [6, 6.07) is 96.4. The highest BCUT2D eigenvalue weighted by molar-refractivity contribution is 7.80. The zero-order valence-electron chi connectivity index (χ0n) is 62.0. The first-order valence-corrected chi connectivity index (χ1v) is 45.1. The van der Waals surface area contributed by atoms with Gasteiger partial charge in [-0.25, -0.2) is 0 Å². The minimum absolute atomic E-state index is 0.0230. The number of benzene rings is 12. The van der Waals surface area contributed by atoms with Crippen molar-refractivity contribution >= 4 is 94.6 Å². The molecule has 0 aliphatic heterocycles. The molecule has 0 spiro atoms. The van der Waals surface area contributed by atoms with Gasteiger partial charge in [0.2, 0.25) is 23.6 Å². The minimum atomic E-state index is -3.42. The van der Waals surface area contributed by atoms with Crippen LogP contribution in [0.2, 0.25) is 0 Å². The Morgan fingerprint density at radius 2 is 0.357 bits per heavy atom. The van der Waals surface area contributed by atoms with Gasteiger partial charge in [-0.05, 0) is 44.5 Å². The summed E-state index contributed by atoms with van der Waals surface area (Å²) in [4.78, 5) is 56.5. The number of carbonyl (C=O) groups is 4. The van der Waals surface area contributed by atoms with Crippen LogP contribution in [-0.2, 0) is 63.1 Å². The molecule has 0 unspecified atom stereocenters. The number of rotatable bonds is 32. The van der Waals surface area contributed by atoms with Gasteiger partial charge in [-0.2, -0.15) is 0 Å². The first-order chi connectivity index (χ1) is 54.7. The molecule has 112 heavy (non-hydrogen) atoms. The maximum absolute atomic E-state index is 15.1. The number of fused-ring (bicyclic) bond motifs is 8. The van der Waals surface area contributed by atoms with Gasteiger partial charge in [0.15, 0.2) is 28.6 Å². The fourth-order valence-electron chi connectivity index (χ4n) is 14.3. The van der Waals surface area contributed by atoms with Gasteiger partial charge < -0.3 is 58.5 Å². The van der Waals surface area contributed by atoms with Crippen LogP contribution < -0.4 is 82.7 Å². The van der Waals surface area contributed by atoms with E-state index in [0.717, 1.165) is 44.5 Å². The second-order valence-electron chi connectivity index (χ2n) is 27.4. The van der Waals surface area contributed by atoms with Gasteiger partial charge in [-0.3, -0.25) is 19.2 Å². The van der Waals surface area contributed by atoms with Gasteiger partial charge in [-0.15, -0.1) is 0 Å². The van der Waals surface area contributed by atoms with Crippen molar-refractivity contribution in [1.82, 2.24) is 21.3 Å². The number of ether oxygens (including phenoxy) is 4. The van der Waals surface area contributed by atoms with Gasteiger partial charge in [0.1, 0.15) is 49.4 Å². The Labute approximate surface area is 654 Å². The molecule has 0 atom stereocenters. The molecule has 13 rings (SSSR count). The normalized spacial score (nSPS) is 12.1. The number of para-hydroxylation sites is 4. The molecule has 1 aliphatic carbocycles. The van der Waals surface area contributed by atoms with Crippen molar-refractivity contribution < 1.29 is 56.4 Å². The van der Waals surface area contributed by atoms with E-state index in [1.54, 1.807) is 97.1 Å². The Kier molecular flexibility index (Phi) is 26.4. The fourth-order valence-corrected chi connectivity index (χ4v) is 24.3. The smallest absolute Gasteiger partial charge is 0.228 e. The van der Waals surface area contributed by atoms with E-state index in [1.807, 2.05) is 218 Å². The van der Waals surface area contributed by atoms with Crippen molar-refractivity contribution in [3.63, 3.8) is 0 Å². The van der Waals surface area contributed by atoms with Crippen LogP contribution in [0.25, 0.3) is 0 Å². The van der Waals surface area contributed by atoms with Crippen molar-refractivity contribution in [3.8, 4) is 23.0 Å². The van der Waals surface area contributed by atoms with Gasteiger partial charge in [0.25, 0.3) is 0 Å². The quantitative estimate of drug-likeness (QED) is 0.0228. The second kappa shape index (κ2) is 37.6. The minimum Gasteiger partial charge on any atom is -0.491 e. The Bertz CT molecular complexity index is 4490. The first-order valence-electron chi connectivity index (χ1n) is 37.5. The number of hydrogen-bond acceptors (Lipinski definition) is 12. The highest BCUT2D eigenvalue weighted by atomic mass is 31.2. The molecular formula is C92H88N4O12P4. The third-order valence-corrected chi connectivity index (χ3v) is 31.8. The standard InChI is InChI=1S/C92H88N4O12P4/c97-85(65-109(101,77-37-9-1-10-38-77)78-39-11-2-12-40-78)93-53-57-105-89-69-29-25-30-70(89)62-72-32-27-34-74(91(72)107-59-55-95-87(99)67-111(103,81-45-17-5-18-46-81)82-47-19-6-20-48-82)64-76-36-28-35-75(92(76)108-60-56-96-88(100)68-112(104,83-49-21-7-22-50-83)84-51-23-8-24-52-84)63-73-33-26-31-71(61-69)90(73)106-58-54-94-86(98)66-110(102,79-41-13-3-14-42-79)80-43-15-4-16-44-80/h1-52H,53-68H2,(H,93,97)(H,94,98)(H,95,99)(H,96,100). The maximum Gasteiger partial charge on any atom is 0.228 e. The van der Waals surface area contributed by atoms with Gasteiger partial charge in [-0.1, -0.05) is 315 Å². The van der Waals surface area contributed by atoms with Crippen LogP contribution in [0.1, 0.15) is 44.5 Å². The monoisotopic (exact) mass is 1560 g/mol. The molecule has 1 aliphatic rings. The molecule has 8 bridgehead atoms. The average molecular weight is 1570 g/mol. The molecule has 0 fully saturated rings. The maximum atomic E-state index is 15.1. The lowest BCUT2D eigenvalue weighted by Crippen LogP contribution is -2.33. The van der Waals surface area contributed by atoms with E-state index in [1.165, 1.54) is 0 Å². The average Bonchev–Trinajstić information content (AvgIpc) is 0.827. The van der Waals surface area contributed by atoms with E-state index in [2.05, 4.69) is 21.3 Å². The Balaban J connectivity index is 0.827. The topological polar surface area (TPSA) is 222 Å². The lowest BCUT2D eigenvalue weighted by molar-refractivity contribution is -0.119. The second-order valence-corrected chi connectivity index (χ2v) is 38.7. The zero-order chi connectivity index (χ0) is 77.6. The van der Waals surface area contributed by atoms with E-state index in [0.29, 0.717) is 65.4 Å². The molecule has 568 valence electrons. The SMILES string of the molecule is O=C(CP(=O)(c1ccccc1)c1ccccc1)NCCOc1c2cccc1Cc1cccc(c1OCCNC(=O)CP(=O)(c1ccccc1)c1ccccc1)Cc1cccc(c1OCCNC(=O)CP(=O)(c1ccccc1)c1ccccc1)Cc1cccc(c1OCCNC(=O)CP(=O)(c1ccccc1)c1ccccc1)C2. The van der Waals surface area contributed by atoms with Crippen molar-refractivity contribution in [2.75, 3.05) is 77.3 Å². The molecule has 12 aromatic rings. The largest absolute Gasteiger partial charge is 0.491 e. The summed E-state index contributed by atoms with van der Waals surface area (Å²) in [5, 5.41) is 16.7. The highest BCUT2D eigenvalue weighted by Crippen LogP contribution is 2.47. The summed E-state index contributed by atoms with van der Waals surface area (Å²) in [7, 11) is -13.7. The van der Waals surface area contributed by atoms with Crippen molar-refractivity contribution in [2.24, 2.45) is 0 Å². The molecule has 12 aromatic carbocycles. The Hall–Kier alpha value is -11.4. The number of hydrogen-bond donors (Lipinski definition) is 4. The Morgan fingerprint density at radius 1 is 0.214 bits per heavy atom. The highest BCUT2D eigenvalue weighted by Gasteiger charge is 2.35. The third-order valence-electron chi connectivity index (χ3n) is 19.8. The van der Waals surface area contributed by atoms with Gasteiger partial charge in [0.05, 0.1) is 50.8 Å².